The average molecular weight is 591 g/mol. The zero-order valence-electron chi connectivity index (χ0n) is 24.8. The molecule has 0 atom stereocenters. The zero-order chi connectivity index (χ0) is 30.0. The lowest BCUT2D eigenvalue weighted by atomic mass is 9.86. The minimum absolute atomic E-state index is 0.657. The molecule has 0 saturated carbocycles. The lowest BCUT2D eigenvalue weighted by Gasteiger charge is -2.20. The molecule has 0 bridgehead atoms. The fourth-order valence-corrected chi connectivity index (χ4v) is 8.95. The molecular formula is C44H31P. The van der Waals surface area contributed by atoms with E-state index in [1.807, 2.05) is 0 Å². The monoisotopic (exact) mass is 590 g/mol. The van der Waals surface area contributed by atoms with Gasteiger partial charge in [-0.05, 0) is 84.8 Å². The van der Waals surface area contributed by atoms with Crippen molar-refractivity contribution in [3.63, 3.8) is 0 Å². The largest absolute Gasteiger partial charge is 0.0622 e. The van der Waals surface area contributed by atoms with E-state index in [0.717, 1.165) is 0 Å². The summed E-state index contributed by atoms with van der Waals surface area (Å²) in [5.41, 5.74) is 7.54. The van der Waals surface area contributed by atoms with Crippen LogP contribution in [0.2, 0.25) is 0 Å². The third kappa shape index (κ3) is 5.14. The molecule has 0 N–H and O–H groups in total. The third-order valence-electron chi connectivity index (χ3n) is 8.63. The van der Waals surface area contributed by atoms with Gasteiger partial charge in [-0.15, -0.1) is 0 Å². The molecule has 0 aliphatic heterocycles. The van der Waals surface area contributed by atoms with Crippen molar-refractivity contribution >= 4 is 45.4 Å². The molecule has 212 valence electrons. The molecule has 0 nitrogen and oxygen atoms in total. The van der Waals surface area contributed by atoms with E-state index in [0.29, 0.717) is 0 Å². The van der Waals surface area contributed by atoms with Crippen LogP contribution < -0.4 is 15.9 Å². The van der Waals surface area contributed by atoms with Crippen LogP contribution in [0.3, 0.4) is 0 Å². The van der Waals surface area contributed by atoms with Gasteiger partial charge in [0.15, 0.2) is 0 Å². The molecule has 8 aromatic rings. The van der Waals surface area contributed by atoms with E-state index in [2.05, 4.69) is 188 Å². The van der Waals surface area contributed by atoms with Crippen LogP contribution in [0.5, 0.6) is 0 Å². The number of hydrogen-bond donors (Lipinski definition) is 0. The van der Waals surface area contributed by atoms with Gasteiger partial charge in [0.2, 0.25) is 0 Å². The maximum absolute atomic E-state index is 2.39. The summed E-state index contributed by atoms with van der Waals surface area (Å²) in [6.45, 7) is 0. The molecule has 0 aliphatic rings. The van der Waals surface area contributed by atoms with E-state index >= 15 is 0 Å². The van der Waals surface area contributed by atoms with Crippen LogP contribution in [0.25, 0.3) is 54.9 Å². The molecule has 45 heavy (non-hydrogen) atoms. The molecule has 0 heterocycles. The van der Waals surface area contributed by atoms with Gasteiger partial charge in [-0.2, -0.15) is 0 Å². The molecular weight excluding hydrogens is 559 g/mol. The quantitative estimate of drug-likeness (QED) is 0.133. The Labute approximate surface area is 266 Å². The van der Waals surface area contributed by atoms with Crippen LogP contribution in [0.1, 0.15) is 0 Å². The van der Waals surface area contributed by atoms with Crippen molar-refractivity contribution in [3.8, 4) is 33.4 Å². The number of rotatable bonds is 6. The Bertz CT molecular complexity index is 2140. The molecule has 0 aliphatic carbocycles. The molecule has 8 aromatic carbocycles. The van der Waals surface area contributed by atoms with Gasteiger partial charge in [-0.25, -0.2) is 0 Å². The van der Waals surface area contributed by atoms with Gasteiger partial charge in [0, 0.05) is 0 Å². The predicted molar refractivity (Wildman–Crippen MR) is 196 cm³/mol. The number of hydrogen-bond acceptors (Lipinski definition) is 0. The van der Waals surface area contributed by atoms with Crippen molar-refractivity contribution in [1.82, 2.24) is 0 Å². The van der Waals surface area contributed by atoms with E-state index in [-0.39, 0.29) is 0 Å². The Morgan fingerprint density at radius 1 is 0.244 bits per heavy atom. The van der Waals surface area contributed by atoms with E-state index in [4.69, 9.17) is 0 Å². The first-order valence-electron chi connectivity index (χ1n) is 15.5. The Balaban J connectivity index is 1.24. The standard InChI is InChI=1S/C44H31P/c1-4-15-33(16-5-1)43-39-23-10-12-25-41(39)44(42-26-13-11-24-40(42)43)34-29-27-32(28-30-34)35-17-14-22-38(31-35)45(36-18-6-2-7-19-36)37-20-8-3-9-21-37/h1-31H. The van der Waals surface area contributed by atoms with Crippen LogP contribution in [0.4, 0.5) is 0 Å². The highest BCUT2D eigenvalue weighted by Crippen LogP contribution is 2.44. The van der Waals surface area contributed by atoms with E-state index < -0.39 is 7.92 Å². The Morgan fingerprint density at radius 3 is 1.09 bits per heavy atom. The Hall–Kier alpha value is -5.29. The smallest absolute Gasteiger partial charge is 0.00264 e. The predicted octanol–water partition coefficient (Wildman–Crippen LogP) is 10.8. The number of benzene rings is 8. The second-order valence-corrected chi connectivity index (χ2v) is 13.6. The first-order valence-corrected chi connectivity index (χ1v) is 16.8. The van der Waals surface area contributed by atoms with Gasteiger partial charge in [0.1, 0.15) is 0 Å². The molecule has 8 rings (SSSR count). The SMILES string of the molecule is c1ccc(-c2c3ccccc3c(-c3ccc(-c4cccc(P(c5ccccc5)c5ccccc5)c4)cc3)c3ccccc23)cc1. The van der Waals surface area contributed by atoms with Gasteiger partial charge in [-0.3, -0.25) is 0 Å². The summed E-state index contributed by atoms with van der Waals surface area (Å²) in [5, 5.41) is 9.21. The van der Waals surface area contributed by atoms with Gasteiger partial charge < -0.3 is 0 Å². The van der Waals surface area contributed by atoms with Crippen LogP contribution in [0.15, 0.2) is 188 Å². The maximum Gasteiger partial charge on any atom is -0.00264 e. The summed E-state index contributed by atoms with van der Waals surface area (Å²) in [7, 11) is -0.657. The second-order valence-electron chi connectivity index (χ2n) is 11.3. The molecule has 0 amide bonds. The van der Waals surface area contributed by atoms with E-state index in [1.165, 1.54) is 70.8 Å². The molecule has 0 fully saturated rings. The normalized spacial score (nSPS) is 11.3. The molecule has 0 saturated heterocycles. The van der Waals surface area contributed by atoms with E-state index in [1.54, 1.807) is 0 Å². The summed E-state index contributed by atoms with van der Waals surface area (Å²) in [6.07, 6.45) is 0. The minimum Gasteiger partial charge on any atom is -0.0622 e. The van der Waals surface area contributed by atoms with Gasteiger partial charge in [0.05, 0.1) is 0 Å². The highest BCUT2D eigenvalue weighted by molar-refractivity contribution is 7.79. The summed E-state index contributed by atoms with van der Waals surface area (Å²) < 4.78 is 0. The summed E-state index contributed by atoms with van der Waals surface area (Å²) in [5.74, 6) is 0. The van der Waals surface area contributed by atoms with Crippen molar-refractivity contribution < 1.29 is 0 Å². The van der Waals surface area contributed by atoms with Crippen molar-refractivity contribution in [2.45, 2.75) is 0 Å². The van der Waals surface area contributed by atoms with Crippen LogP contribution >= 0.6 is 7.92 Å². The lowest BCUT2D eigenvalue weighted by molar-refractivity contribution is 1.62. The minimum atomic E-state index is -0.657. The van der Waals surface area contributed by atoms with E-state index in [9.17, 15) is 0 Å². The van der Waals surface area contributed by atoms with Crippen LogP contribution in [-0.2, 0) is 0 Å². The highest BCUT2D eigenvalue weighted by Gasteiger charge is 2.18. The van der Waals surface area contributed by atoms with Gasteiger partial charge >= 0.3 is 0 Å². The molecule has 0 radical (unpaired) electrons. The van der Waals surface area contributed by atoms with Crippen molar-refractivity contribution in [3.05, 3.63) is 188 Å². The van der Waals surface area contributed by atoms with Gasteiger partial charge in [-0.1, -0.05) is 182 Å². The fourth-order valence-electron chi connectivity index (χ4n) is 6.61. The first-order chi connectivity index (χ1) is 22.3. The van der Waals surface area contributed by atoms with Crippen LogP contribution in [-0.4, -0.2) is 0 Å². The highest BCUT2D eigenvalue weighted by atomic mass is 31.1. The summed E-state index contributed by atoms with van der Waals surface area (Å²) in [4.78, 5) is 0. The molecule has 0 spiro atoms. The summed E-state index contributed by atoms with van der Waals surface area (Å²) in [6, 6.07) is 68.6. The lowest BCUT2D eigenvalue weighted by Crippen LogP contribution is -2.20. The van der Waals surface area contributed by atoms with Crippen LogP contribution in [0, 0.1) is 0 Å². The molecule has 0 unspecified atom stereocenters. The third-order valence-corrected chi connectivity index (χ3v) is 11.1. The Kier molecular flexibility index (Phi) is 7.28. The first kappa shape index (κ1) is 27.3. The number of fused-ring (bicyclic) bond motifs is 2. The van der Waals surface area contributed by atoms with Crippen molar-refractivity contribution in [2.75, 3.05) is 0 Å². The average Bonchev–Trinajstić information content (AvgIpc) is 3.12. The molecule has 1 heteroatoms. The zero-order valence-corrected chi connectivity index (χ0v) is 25.7. The fraction of sp³-hybridized carbons (Fsp3) is 0. The Morgan fingerprint density at radius 2 is 0.600 bits per heavy atom. The van der Waals surface area contributed by atoms with Crippen molar-refractivity contribution in [2.24, 2.45) is 0 Å². The maximum atomic E-state index is 2.39. The topological polar surface area (TPSA) is 0 Å². The van der Waals surface area contributed by atoms with Crippen molar-refractivity contribution in [1.29, 1.82) is 0 Å². The molecule has 0 aromatic heterocycles. The summed E-state index contributed by atoms with van der Waals surface area (Å²) >= 11 is 0. The second kappa shape index (κ2) is 12.0. The van der Waals surface area contributed by atoms with Gasteiger partial charge in [0.25, 0.3) is 0 Å².